The average molecular weight is 350 g/mol. The van der Waals surface area contributed by atoms with E-state index in [-0.39, 0.29) is 12.2 Å². The van der Waals surface area contributed by atoms with Gasteiger partial charge in [-0.05, 0) is 5.56 Å². The highest BCUT2D eigenvalue weighted by Crippen LogP contribution is 2.11. The molecule has 0 N–H and O–H groups in total. The molecule has 0 radical (unpaired) electrons. The number of hydrazone groups is 2. The minimum absolute atomic E-state index is 0.0588. The third-order valence-corrected chi connectivity index (χ3v) is 3.60. The van der Waals surface area contributed by atoms with E-state index in [0.717, 1.165) is 17.0 Å². The SMILES string of the molecule is CN(C)/N=C(/CC(=O)c1ccccc1)C/C(=N\N(C)C)c1ccccc1. The Morgan fingerprint density at radius 2 is 1.23 bits per heavy atom. The third kappa shape index (κ3) is 6.16. The lowest BCUT2D eigenvalue weighted by atomic mass is 9.99. The number of Topliss-reactive ketones (excluding diaryl/α,β-unsaturated/α-hetero) is 1. The standard InChI is InChI=1S/C21H26N4O/c1-24(2)22-19(16-21(26)18-13-9-6-10-14-18)15-20(23-25(3)4)17-11-7-5-8-12-17/h5-14H,15-16H2,1-4H3/b22-19+,23-20+. The van der Waals surface area contributed by atoms with Gasteiger partial charge in [0.05, 0.1) is 17.8 Å². The van der Waals surface area contributed by atoms with Gasteiger partial charge in [-0.1, -0.05) is 60.7 Å². The van der Waals surface area contributed by atoms with Gasteiger partial charge in [0.25, 0.3) is 0 Å². The van der Waals surface area contributed by atoms with Gasteiger partial charge in [-0.25, -0.2) is 0 Å². The summed E-state index contributed by atoms with van der Waals surface area (Å²) >= 11 is 0. The van der Waals surface area contributed by atoms with E-state index in [1.54, 1.807) is 10.0 Å². The van der Waals surface area contributed by atoms with Crippen molar-refractivity contribution in [2.45, 2.75) is 12.8 Å². The Balaban J connectivity index is 2.27. The minimum atomic E-state index is 0.0588. The van der Waals surface area contributed by atoms with Crippen LogP contribution in [0.4, 0.5) is 0 Å². The zero-order valence-corrected chi connectivity index (χ0v) is 15.9. The van der Waals surface area contributed by atoms with Gasteiger partial charge >= 0.3 is 0 Å². The molecule has 136 valence electrons. The lowest BCUT2D eigenvalue weighted by molar-refractivity contribution is 0.1000. The van der Waals surface area contributed by atoms with Crippen LogP contribution in [0.3, 0.4) is 0 Å². The second kappa shape index (κ2) is 9.51. The van der Waals surface area contributed by atoms with Crippen LogP contribution in [0.15, 0.2) is 70.9 Å². The first-order chi connectivity index (χ1) is 12.5. The molecule has 0 unspecified atom stereocenters. The van der Waals surface area contributed by atoms with Crippen molar-refractivity contribution in [2.24, 2.45) is 10.2 Å². The monoisotopic (exact) mass is 350 g/mol. The predicted molar refractivity (Wildman–Crippen MR) is 108 cm³/mol. The largest absolute Gasteiger partial charge is 0.303 e. The van der Waals surface area contributed by atoms with Crippen LogP contribution in [0.5, 0.6) is 0 Å². The van der Waals surface area contributed by atoms with E-state index in [1.165, 1.54) is 0 Å². The Morgan fingerprint density at radius 1 is 0.731 bits per heavy atom. The Kier molecular flexibility index (Phi) is 7.09. The summed E-state index contributed by atoms with van der Waals surface area (Å²) in [4.78, 5) is 12.6. The van der Waals surface area contributed by atoms with Crippen molar-refractivity contribution in [2.75, 3.05) is 28.2 Å². The second-order valence-corrected chi connectivity index (χ2v) is 6.42. The van der Waals surface area contributed by atoms with E-state index in [0.29, 0.717) is 12.0 Å². The number of rotatable bonds is 8. The molecule has 0 atom stereocenters. The number of hydrogen-bond acceptors (Lipinski definition) is 5. The van der Waals surface area contributed by atoms with E-state index >= 15 is 0 Å². The van der Waals surface area contributed by atoms with Gasteiger partial charge in [0.2, 0.25) is 0 Å². The molecule has 0 saturated carbocycles. The van der Waals surface area contributed by atoms with Gasteiger partial charge in [0.1, 0.15) is 0 Å². The molecular formula is C21H26N4O. The molecule has 0 aliphatic carbocycles. The Hall–Kier alpha value is -2.95. The quantitative estimate of drug-likeness (QED) is 0.416. The molecule has 0 spiro atoms. The summed E-state index contributed by atoms with van der Waals surface area (Å²) < 4.78 is 0. The van der Waals surface area contributed by atoms with Gasteiger partial charge in [-0.15, -0.1) is 0 Å². The van der Waals surface area contributed by atoms with Crippen molar-refractivity contribution >= 4 is 17.2 Å². The molecule has 26 heavy (non-hydrogen) atoms. The van der Waals surface area contributed by atoms with Crippen molar-refractivity contribution in [3.8, 4) is 0 Å². The molecule has 2 aromatic rings. The number of benzene rings is 2. The fourth-order valence-electron chi connectivity index (χ4n) is 2.59. The fourth-order valence-corrected chi connectivity index (χ4v) is 2.59. The van der Waals surface area contributed by atoms with Crippen molar-refractivity contribution in [1.82, 2.24) is 10.0 Å². The zero-order valence-electron chi connectivity index (χ0n) is 15.9. The van der Waals surface area contributed by atoms with E-state index in [2.05, 4.69) is 10.2 Å². The van der Waals surface area contributed by atoms with E-state index in [4.69, 9.17) is 0 Å². The number of carbonyl (C=O) groups excluding carboxylic acids is 1. The van der Waals surface area contributed by atoms with Crippen LogP contribution >= 0.6 is 0 Å². The first-order valence-electron chi connectivity index (χ1n) is 8.58. The smallest absolute Gasteiger partial charge is 0.168 e. The highest BCUT2D eigenvalue weighted by atomic mass is 16.1. The first kappa shape index (κ1) is 19.4. The summed E-state index contributed by atoms with van der Waals surface area (Å²) in [5.41, 5.74) is 3.40. The van der Waals surface area contributed by atoms with Crippen molar-refractivity contribution in [1.29, 1.82) is 0 Å². The maximum Gasteiger partial charge on any atom is 0.168 e. The van der Waals surface area contributed by atoms with E-state index < -0.39 is 0 Å². The second-order valence-electron chi connectivity index (χ2n) is 6.42. The van der Waals surface area contributed by atoms with Gasteiger partial charge in [-0.3, -0.25) is 4.79 Å². The molecule has 0 aliphatic heterocycles. The van der Waals surface area contributed by atoms with Crippen LogP contribution in [0.1, 0.15) is 28.8 Å². The Labute approximate surface area is 155 Å². The van der Waals surface area contributed by atoms with Crippen molar-refractivity contribution < 1.29 is 4.79 Å². The predicted octanol–water partition coefficient (Wildman–Crippen LogP) is 3.53. The lowest BCUT2D eigenvalue weighted by Crippen LogP contribution is -2.19. The molecule has 0 heterocycles. The fraction of sp³-hybridized carbons (Fsp3) is 0.286. The summed E-state index contributed by atoms with van der Waals surface area (Å²) in [5, 5.41) is 12.7. The average Bonchev–Trinajstić information content (AvgIpc) is 2.61. The first-order valence-corrected chi connectivity index (χ1v) is 8.58. The Morgan fingerprint density at radius 3 is 1.73 bits per heavy atom. The van der Waals surface area contributed by atoms with Crippen LogP contribution < -0.4 is 0 Å². The molecule has 5 heteroatoms. The molecule has 2 rings (SSSR count). The molecule has 0 fully saturated rings. The number of ketones is 1. The highest BCUT2D eigenvalue weighted by Gasteiger charge is 2.15. The molecule has 0 saturated heterocycles. The Bertz CT molecular complexity index is 765. The summed E-state index contributed by atoms with van der Waals surface area (Å²) in [5.74, 6) is 0.0588. The van der Waals surface area contributed by atoms with Gasteiger partial charge in [0, 0.05) is 40.2 Å². The summed E-state index contributed by atoms with van der Waals surface area (Å²) in [7, 11) is 7.50. The number of hydrogen-bond donors (Lipinski definition) is 0. The van der Waals surface area contributed by atoms with Crippen LogP contribution in [0, 0.1) is 0 Å². The van der Waals surface area contributed by atoms with Crippen LogP contribution in [0.2, 0.25) is 0 Å². The number of nitrogens with zero attached hydrogens (tertiary/aromatic N) is 4. The van der Waals surface area contributed by atoms with Crippen LogP contribution in [-0.4, -0.2) is 55.4 Å². The van der Waals surface area contributed by atoms with Crippen LogP contribution in [0.25, 0.3) is 0 Å². The lowest BCUT2D eigenvalue weighted by Gasteiger charge is -2.15. The van der Waals surface area contributed by atoms with Crippen molar-refractivity contribution in [3.63, 3.8) is 0 Å². The zero-order chi connectivity index (χ0) is 18.9. The topological polar surface area (TPSA) is 48.3 Å². The molecular weight excluding hydrogens is 324 g/mol. The molecule has 0 bridgehead atoms. The normalized spacial score (nSPS) is 12.0. The molecule has 5 nitrogen and oxygen atoms in total. The summed E-state index contributed by atoms with van der Waals surface area (Å²) in [6, 6.07) is 19.3. The summed E-state index contributed by atoms with van der Waals surface area (Å²) in [6.45, 7) is 0. The van der Waals surface area contributed by atoms with Gasteiger partial charge in [0.15, 0.2) is 5.78 Å². The molecule has 0 aliphatic rings. The van der Waals surface area contributed by atoms with E-state index in [9.17, 15) is 4.79 Å². The number of carbonyl (C=O) groups is 1. The van der Waals surface area contributed by atoms with Gasteiger partial charge in [-0.2, -0.15) is 10.2 Å². The minimum Gasteiger partial charge on any atom is -0.303 e. The highest BCUT2D eigenvalue weighted by molar-refractivity contribution is 6.18. The molecule has 0 amide bonds. The molecule has 0 aromatic heterocycles. The maximum atomic E-state index is 12.6. The summed E-state index contributed by atoms with van der Waals surface area (Å²) in [6.07, 6.45) is 0.778. The maximum absolute atomic E-state index is 12.6. The van der Waals surface area contributed by atoms with Crippen LogP contribution in [-0.2, 0) is 0 Å². The molecule has 2 aromatic carbocycles. The third-order valence-electron chi connectivity index (χ3n) is 3.60. The van der Waals surface area contributed by atoms with Gasteiger partial charge < -0.3 is 10.0 Å². The van der Waals surface area contributed by atoms with Crippen molar-refractivity contribution in [3.05, 3.63) is 71.8 Å². The van der Waals surface area contributed by atoms with E-state index in [1.807, 2.05) is 88.9 Å².